The lowest BCUT2D eigenvalue weighted by Gasteiger charge is -2.13. The standard InChI is InChI=1S/C17H23/c1-5-12-10-9-11-16-14(7-3)13(6-2)15(8-4)17(12)16/h9-11H,5-8H2,1-4H3. The highest BCUT2D eigenvalue weighted by atomic mass is 14.3. The van der Waals surface area contributed by atoms with E-state index in [2.05, 4.69) is 45.9 Å². The van der Waals surface area contributed by atoms with Crippen molar-refractivity contribution in [1.82, 2.24) is 0 Å². The summed E-state index contributed by atoms with van der Waals surface area (Å²) in [6.45, 7) is 9.13. The Balaban J connectivity index is 2.64. The van der Waals surface area contributed by atoms with Gasteiger partial charge in [-0.2, -0.15) is 0 Å². The van der Waals surface area contributed by atoms with Gasteiger partial charge in [0, 0.05) is 5.92 Å². The Kier molecular flexibility index (Phi) is 3.71. The van der Waals surface area contributed by atoms with E-state index in [1.165, 1.54) is 17.5 Å². The fourth-order valence-electron chi connectivity index (χ4n) is 3.22. The monoisotopic (exact) mass is 227 g/mol. The van der Waals surface area contributed by atoms with Crippen molar-refractivity contribution in [3.63, 3.8) is 0 Å². The highest BCUT2D eigenvalue weighted by molar-refractivity contribution is 5.84. The molecule has 2 rings (SSSR count). The Morgan fingerprint density at radius 2 is 1.47 bits per heavy atom. The van der Waals surface area contributed by atoms with Crippen LogP contribution in [-0.2, 0) is 6.42 Å². The van der Waals surface area contributed by atoms with Crippen LogP contribution in [0.25, 0.3) is 5.57 Å². The number of hydrogen-bond acceptors (Lipinski definition) is 0. The molecule has 0 fully saturated rings. The van der Waals surface area contributed by atoms with Gasteiger partial charge in [-0.3, -0.25) is 0 Å². The molecule has 0 heterocycles. The Bertz CT molecular complexity index is 437. The Morgan fingerprint density at radius 1 is 0.765 bits per heavy atom. The smallest absolute Gasteiger partial charge is 0.0305 e. The minimum Gasteiger partial charge on any atom is -0.0642 e. The normalized spacial score (nSPS) is 15.5. The molecule has 1 aliphatic carbocycles. The minimum absolute atomic E-state index is 1.14. The zero-order valence-electron chi connectivity index (χ0n) is 11.6. The molecule has 1 aliphatic rings. The molecule has 0 saturated heterocycles. The topological polar surface area (TPSA) is 0 Å². The molecule has 0 bridgehead atoms. The van der Waals surface area contributed by atoms with E-state index in [0.717, 1.165) is 19.3 Å². The molecule has 1 aromatic carbocycles. The van der Waals surface area contributed by atoms with Crippen molar-refractivity contribution in [3.05, 3.63) is 46.4 Å². The van der Waals surface area contributed by atoms with Gasteiger partial charge < -0.3 is 0 Å². The first-order chi connectivity index (χ1) is 8.28. The molecule has 0 unspecified atom stereocenters. The van der Waals surface area contributed by atoms with E-state index < -0.39 is 0 Å². The molecule has 0 heteroatoms. The predicted molar refractivity (Wildman–Crippen MR) is 76.0 cm³/mol. The SMILES string of the molecule is CC[C]1C(CC)=C(CC)c2c(CC)cccc21. The van der Waals surface area contributed by atoms with Crippen molar-refractivity contribution >= 4 is 5.57 Å². The minimum atomic E-state index is 1.14. The quantitative estimate of drug-likeness (QED) is 0.665. The first-order valence-corrected chi connectivity index (χ1v) is 6.99. The third-order valence-corrected chi connectivity index (χ3v) is 3.95. The average Bonchev–Trinajstić information content (AvgIpc) is 2.70. The maximum Gasteiger partial charge on any atom is 0.0305 e. The zero-order valence-corrected chi connectivity index (χ0v) is 11.6. The van der Waals surface area contributed by atoms with E-state index in [0.29, 0.717) is 0 Å². The summed E-state index contributed by atoms with van der Waals surface area (Å²) in [4.78, 5) is 0. The van der Waals surface area contributed by atoms with Crippen molar-refractivity contribution in [2.75, 3.05) is 0 Å². The third kappa shape index (κ3) is 1.84. The lowest BCUT2D eigenvalue weighted by Crippen LogP contribution is -1.98. The number of allylic oxidation sites excluding steroid dienone is 2. The van der Waals surface area contributed by atoms with Crippen LogP contribution in [0, 0.1) is 5.92 Å². The molecule has 0 atom stereocenters. The van der Waals surface area contributed by atoms with Crippen molar-refractivity contribution in [2.45, 2.75) is 53.4 Å². The van der Waals surface area contributed by atoms with Gasteiger partial charge in [0.25, 0.3) is 0 Å². The van der Waals surface area contributed by atoms with Gasteiger partial charge in [-0.15, -0.1) is 0 Å². The van der Waals surface area contributed by atoms with Crippen LogP contribution in [0.1, 0.15) is 63.6 Å². The Hall–Kier alpha value is -1.04. The summed E-state index contributed by atoms with van der Waals surface area (Å²) in [7, 11) is 0. The van der Waals surface area contributed by atoms with Crippen LogP contribution in [0.4, 0.5) is 0 Å². The third-order valence-electron chi connectivity index (χ3n) is 3.95. The molecule has 0 N–H and O–H groups in total. The molecule has 0 spiro atoms. The van der Waals surface area contributed by atoms with Crippen LogP contribution in [0.15, 0.2) is 23.8 Å². The fourth-order valence-corrected chi connectivity index (χ4v) is 3.22. The van der Waals surface area contributed by atoms with Crippen LogP contribution in [0.2, 0.25) is 0 Å². The summed E-state index contributed by atoms with van der Waals surface area (Å²) in [5.74, 6) is 1.59. The van der Waals surface area contributed by atoms with Gasteiger partial charge in [0.15, 0.2) is 0 Å². The molecule has 0 nitrogen and oxygen atoms in total. The van der Waals surface area contributed by atoms with Crippen LogP contribution in [-0.4, -0.2) is 0 Å². The first kappa shape index (κ1) is 12.4. The van der Waals surface area contributed by atoms with E-state index in [-0.39, 0.29) is 0 Å². The van der Waals surface area contributed by atoms with Gasteiger partial charge in [0.1, 0.15) is 0 Å². The molecule has 0 aliphatic heterocycles. The molecule has 0 saturated carbocycles. The molecule has 91 valence electrons. The highest BCUT2D eigenvalue weighted by Gasteiger charge is 2.29. The average molecular weight is 227 g/mol. The second-order valence-corrected chi connectivity index (χ2v) is 4.69. The summed E-state index contributed by atoms with van der Waals surface area (Å²) in [6.07, 6.45) is 4.63. The highest BCUT2D eigenvalue weighted by Crippen LogP contribution is 2.46. The second-order valence-electron chi connectivity index (χ2n) is 4.69. The fraction of sp³-hybridized carbons (Fsp3) is 0.471. The number of fused-ring (bicyclic) bond motifs is 1. The Labute approximate surface area is 106 Å². The summed E-state index contributed by atoms with van der Waals surface area (Å²) < 4.78 is 0. The molecule has 0 amide bonds. The molecular formula is C17H23. The van der Waals surface area contributed by atoms with E-state index in [4.69, 9.17) is 0 Å². The molecule has 1 aromatic rings. The second kappa shape index (κ2) is 5.08. The van der Waals surface area contributed by atoms with Gasteiger partial charge in [-0.05, 0) is 47.9 Å². The number of benzene rings is 1. The van der Waals surface area contributed by atoms with Crippen molar-refractivity contribution in [3.8, 4) is 0 Å². The van der Waals surface area contributed by atoms with Crippen molar-refractivity contribution < 1.29 is 0 Å². The van der Waals surface area contributed by atoms with Gasteiger partial charge in [-0.25, -0.2) is 0 Å². The number of aryl methyl sites for hydroxylation is 1. The van der Waals surface area contributed by atoms with Crippen molar-refractivity contribution in [1.29, 1.82) is 0 Å². The molecule has 0 aromatic heterocycles. The first-order valence-electron chi connectivity index (χ1n) is 6.99. The largest absolute Gasteiger partial charge is 0.0642 e. The van der Waals surface area contributed by atoms with Gasteiger partial charge in [-0.1, -0.05) is 51.5 Å². The van der Waals surface area contributed by atoms with E-state index in [9.17, 15) is 0 Å². The van der Waals surface area contributed by atoms with Crippen LogP contribution >= 0.6 is 0 Å². The van der Waals surface area contributed by atoms with E-state index in [1.807, 2.05) is 0 Å². The molecular weight excluding hydrogens is 204 g/mol. The maximum atomic E-state index is 2.31. The Morgan fingerprint density at radius 3 is 2.00 bits per heavy atom. The summed E-state index contributed by atoms with van der Waals surface area (Å²) in [6, 6.07) is 6.82. The lowest BCUT2D eigenvalue weighted by molar-refractivity contribution is 0.935. The lowest BCUT2D eigenvalue weighted by atomic mass is 9.91. The van der Waals surface area contributed by atoms with Crippen LogP contribution in [0.3, 0.4) is 0 Å². The van der Waals surface area contributed by atoms with Gasteiger partial charge in [0.2, 0.25) is 0 Å². The summed E-state index contributed by atoms with van der Waals surface area (Å²) in [5.41, 5.74) is 7.82. The summed E-state index contributed by atoms with van der Waals surface area (Å²) in [5, 5.41) is 0. The number of hydrogen-bond donors (Lipinski definition) is 0. The van der Waals surface area contributed by atoms with Crippen LogP contribution in [0.5, 0.6) is 0 Å². The van der Waals surface area contributed by atoms with Crippen LogP contribution < -0.4 is 0 Å². The molecule has 17 heavy (non-hydrogen) atoms. The van der Waals surface area contributed by atoms with Crippen molar-refractivity contribution in [2.24, 2.45) is 0 Å². The predicted octanol–water partition coefficient (Wildman–Crippen LogP) is 5.17. The zero-order chi connectivity index (χ0) is 12.4. The summed E-state index contributed by atoms with van der Waals surface area (Å²) >= 11 is 0. The van der Waals surface area contributed by atoms with Gasteiger partial charge >= 0.3 is 0 Å². The van der Waals surface area contributed by atoms with E-state index >= 15 is 0 Å². The van der Waals surface area contributed by atoms with E-state index in [1.54, 1.807) is 22.6 Å². The maximum absolute atomic E-state index is 2.31. The molecule has 1 radical (unpaired) electrons. The van der Waals surface area contributed by atoms with Gasteiger partial charge in [0.05, 0.1) is 0 Å². The number of rotatable bonds is 4.